The average molecular weight is 278 g/mol. The topological polar surface area (TPSA) is 64.4 Å². The van der Waals surface area contributed by atoms with Gasteiger partial charge in [0.05, 0.1) is 11.0 Å². The van der Waals surface area contributed by atoms with E-state index >= 15 is 0 Å². The summed E-state index contributed by atoms with van der Waals surface area (Å²) in [5.41, 5.74) is 1.94. The van der Waals surface area contributed by atoms with E-state index in [0.717, 1.165) is 37.1 Å². The number of nitro groups is 1. The van der Waals surface area contributed by atoms with Gasteiger partial charge in [-0.1, -0.05) is 19.1 Å². The van der Waals surface area contributed by atoms with Crippen molar-refractivity contribution in [3.05, 3.63) is 39.4 Å². The van der Waals surface area contributed by atoms with Crippen molar-refractivity contribution in [2.45, 2.75) is 39.3 Å². The molecular formula is C15H22N2O3. The summed E-state index contributed by atoms with van der Waals surface area (Å²) in [6.45, 7) is 6.37. The molecule has 0 bridgehead atoms. The lowest BCUT2D eigenvalue weighted by Crippen LogP contribution is -2.28. The van der Waals surface area contributed by atoms with Crippen molar-refractivity contribution in [1.29, 1.82) is 0 Å². The number of nitro benzene ring substituents is 1. The van der Waals surface area contributed by atoms with Crippen LogP contribution in [0.3, 0.4) is 0 Å². The van der Waals surface area contributed by atoms with Gasteiger partial charge in [0.2, 0.25) is 0 Å². The molecule has 5 heteroatoms. The van der Waals surface area contributed by atoms with Gasteiger partial charge in [-0.25, -0.2) is 0 Å². The van der Waals surface area contributed by atoms with Crippen molar-refractivity contribution in [1.82, 2.24) is 5.32 Å². The molecule has 0 radical (unpaired) electrons. The Hall–Kier alpha value is -1.46. The summed E-state index contributed by atoms with van der Waals surface area (Å²) in [6, 6.07) is 5.24. The first kappa shape index (κ1) is 14.9. The highest BCUT2D eigenvalue weighted by Gasteiger charge is 2.26. The highest BCUT2D eigenvalue weighted by atomic mass is 16.6. The van der Waals surface area contributed by atoms with E-state index < -0.39 is 0 Å². The van der Waals surface area contributed by atoms with Crippen LogP contribution in [0.1, 0.15) is 30.9 Å². The van der Waals surface area contributed by atoms with Crippen LogP contribution in [-0.4, -0.2) is 24.2 Å². The van der Waals surface area contributed by atoms with E-state index in [9.17, 15) is 10.1 Å². The minimum atomic E-state index is -0.323. The fourth-order valence-electron chi connectivity index (χ4n) is 2.83. The van der Waals surface area contributed by atoms with Crippen molar-refractivity contribution in [3.63, 3.8) is 0 Å². The van der Waals surface area contributed by atoms with E-state index in [1.165, 1.54) is 0 Å². The second kappa shape index (κ2) is 6.81. The lowest BCUT2D eigenvalue weighted by Gasteiger charge is -2.17. The van der Waals surface area contributed by atoms with Crippen LogP contribution in [0.4, 0.5) is 5.69 Å². The normalized spacial score (nSPS) is 22.1. The van der Waals surface area contributed by atoms with Crippen molar-refractivity contribution >= 4 is 5.69 Å². The van der Waals surface area contributed by atoms with Gasteiger partial charge in [0.1, 0.15) is 0 Å². The summed E-state index contributed by atoms with van der Waals surface area (Å²) in [7, 11) is 0. The zero-order valence-corrected chi connectivity index (χ0v) is 12.1. The number of ether oxygens (including phenoxy) is 1. The molecule has 0 aliphatic carbocycles. The van der Waals surface area contributed by atoms with Gasteiger partial charge in [-0.05, 0) is 31.2 Å². The Morgan fingerprint density at radius 1 is 1.50 bits per heavy atom. The highest BCUT2D eigenvalue weighted by Crippen LogP contribution is 2.23. The zero-order chi connectivity index (χ0) is 14.5. The van der Waals surface area contributed by atoms with Gasteiger partial charge >= 0.3 is 0 Å². The van der Waals surface area contributed by atoms with Crippen LogP contribution in [0.25, 0.3) is 0 Å². The molecule has 1 aliphatic rings. The molecule has 1 heterocycles. The minimum absolute atomic E-state index is 0.194. The van der Waals surface area contributed by atoms with Gasteiger partial charge in [0.15, 0.2) is 0 Å². The summed E-state index contributed by atoms with van der Waals surface area (Å²) in [6.07, 6.45) is 2.50. The first-order valence-corrected chi connectivity index (χ1v) is 7.18. The van der Waals surface area contributed by atoms with Gasteiger partial charge in [-0.15, -0.1) is 0 Å². The molecule has 5 nitrogen and oxygen atoms in total. The van der Waals surface area contributed by atoms with Crippen LogP contribution in [0, 0.1) is 23.0 Å². The summed E-state index contributed by atoms with van der Waals surface area (Å²) in [5, 5.41) is 14.3. The quantitative estimate of drug-likeness (QED) is 0.642. The smallest absolute Gasteiger partial charge is 0.272 e. The number of nitrogens with one attached hydrogen (secondary N) is 1. The maximum absolute atomic E-state index is 10.9. The third-order valence-electron chi connectivity index (χ3n) is 4.08. The molecule has 0 amide bonds. The average Bonchev–Trinajstić information content (AvgIpc) is 2.88. The molecule has 2 rings (SSSR count). The number of benzene rings is 1. The molecule has 20 heavy (non-hydrogen) atoms. The Bertz CT molecular complexity index is 476. The summed E-state index contributed by atoms with van der Waals surface area (Å²) < 4.78 is 5.66. The Balaban J connectivity index is 1.91. The fraction of sp³-hybridized carbons (Fsp3) is 0.600. The van der Waals surface area contributed by atoms with Gasteiger partial charge in [0, 0.05) is 31.3 Å². The first-order valence-electron chi connectivity index (χ1n) is 7.18. The second-order valence-corrected chi connectivity index (χ2v) is 5.32. The first-order chi connectivity index (χ1) is 9.63. The maximum atomic E-state index is 10.9. The van der Waals surface area contributed by atoms with E-state index in [4.69, 9.17) is 4.74 Å². The Labute approximate surface area is 119 Å². The van der Waals surface area contributed by atoms with Crippen molar-refractivity contribution in [2.24, 2.45) is 5.92 Å². The number of hydrogen-bond donors (Lipinski definition) is 1. The lowest BCUT2D eigenvalue weighted by atomic mass is 9.99. The number of hydrogen-bond acceptors (Lipinski definition) is 4. The van der Waals surface area contributed by atoms with Crippen LogP contribution < -0.4 is 5.32 Å². The van der Waals surface area contributed by atoms with Crippen LogP contribution >= 0.6 is 0 Å². The SMILES string of the molecule is CCC1OCCC1CNCc1cccc([N+](=O)[O-])c1C. The standard InChI is InChI=1S/C15H22N2O3/c1-3-15-13(7-8-20-15)10-16-9-12-5-4-6-14(11(12)2)17(18)19/h4-6,13,15-16H,3,7-10H2,1-2H3. The molecular weight excluding hydrogens is 256 g/mol. The largest absolute Gasteiger partial charge is 0.378 e. The van der Waals surface area contributed by atoms with Gasteiger partial charge < -0.3 is 10.1 Å². The monoisotopic (exact) mass is 278 g/mol. The molecule has 2 unspecified atom stereocenters. The van der Waals surface area contributed by atoms with E-state index in [1.54, 1.807) is 12.1 Å². The zero-order valence-electron chi connectivity index (χ0n) is 12.1. The molecule has 2 atom stereocenters. The Kier molecular flexibility index (Phi) is 5.09. The third kappa shape index (κ3) is 3.35. The van der Waals surface area contributed by atoms with Crippen LogP contribution in [0.2, 0.25) is 0 Å². The Morgan fingerprint density at radius 3 is 3.00 bits per heavy atom. The van der Waals surface area contributed by atoms with Gasteiger partial charge in [-0.2, -0.15) is 0 Å². The summed E-state index contributed by atoms with van der Waals surface area (Å²) in [4.78, 5) is 10.6. The molecule has 1 aromatic rings. The van der Waals surface area contributed by atoms with Gasteiger partial charge in [0.25, 0.3) is 5.69 Å². The van der Waals surface area contributed by atoms with Crippen LogP contribution in [0.5, 0.6) is 0 Å². The maximum Gasteiger partial charge on any atom is 0.272 e. The molecule has 1 N–H and O–H groups in total. The fourth-order valence-corrected chi connectivity index (χ4v) is 2.83. The van der Waals surface area contributed by atoms with Crippen LogP contribution in [-0.2, 0) is 11.3 Å². The molecule has 0 spiro atoms. The molecule has 1 aliphatic heterocycles. The second-order valence-electron chi connectivity index (χ2n) is 5.32. The summed E-state index contributed by atoms with van der Waals surface area (Å²) in [5.74, 6) is 0.555. The molecule has 1 aromatic carbocycles. The lowest BCUT2D eigenvalue weighted by molar-refractivity contribution is -0.385. The number of rotatable bonds is 6. The van der Waals surface area contributed by atoms with Crippen molar-refractivity contribution in [3.8, 4) is 0 Å². The number of nitrogens with zero attached hydrogens (tertiary/aromatic N) is 1. The molecule has 1 saturated heterocycles. The van der Waals surface area contributed by atoms with E-state index in [0.29, 0.717) is 18.6 Å². The van der Waals surface area contributed by atoms with Crippen LogP contribution in [0.15, 0.2) is 18.2 Å². The molecule has 0 saturated carbocycles. The van der Waals surface area contributed by atoms with Gasteiger partial charge in [-0.3, -0.25) is 10.1 Å². The summed E-state index contributed by atoms with van der Waals surface area (Å²) >= 11 is 0. The highest BCUT2D eigenvalue weighted by molar-refractivity contribution is 5.44. The molecule has 0 aromatic heterocycles. The van der Waals surface area contributed by atoms with Crippen molar-refractivity contribution < 1.29 is 9.66 Å². The predicted octanol–water partition coefficient (Wildman–Crippen LogP) is 2.81. The Morgan fingerprint density at radius 2 is 2.30 bits per heavy atom. The molecule has 110 valence electrons. The van der Waals surface area contributed by atoms with E-state index in [2.05, 4.69) is 12.2 Å². The van der Waals surface area contributed by atoms with E-state index in [1.807, 2.05) is 13.0 Å². The van der Waals surface area contributed by atoms with E-state index in [-0.39, 0.29) is 10.6 Å². The third-order valence-corrected chi connectivity index (χ3v) is 4.08. The van der Waals surface area contributed by atoms with Crippen molar-refractivity contribution in [2.75, 3.05) is 13.2 Å². The molecule has 1 fully saturated rings. The minimum Gasteiger partial charge on any atom is -0.378 e. The predicted molar refractivity (Wildman–Crippen MR) is 77.7 cm³/mol.